The fourth-order valence-electron chi connectivity index (χ4n) is 2.56. The SMILES string of the molecule is NC1(c2nc3c(CO)cccc3[nH]2)CCNCC1. The van der Waals surface area contributed by atoms with E-state index >= 15 is 0 Å². The van der Waals surface area contributed by atoms with E-state index in [0.717, 1.165) is 48.4 Å². The highest BCUT2D eigenvalue weighted by molar-refractivity contribution is 5.78. The van der Waals surface area contributed by atoms with Crippen LogP contribution >= 0.6 is 0 Å². The van der Waals surface area contributed by atoms with Crippen molar-refractivity contribution in [2.24, 2.45) is 5.73 Å². The molecule has 0 saturated carbocycles. The molecule has 0 unspecified atom stereocenters. The van der Waals surface area contributed by atoms with Crippen LogP contribution in [0.4, 0.5) is 0 Å². The normalized spacial score (nSPS) is 19.2. The van der Waals surface area contributed by atoms with Crippen LogP contribution < -0.4 is 11.1 Å². The first-order chi connectivity index (χ1) is 8.73. The second-order valence-corrected chi connectivity index (χ2v) is 4.96. The summed E-state index contributed by atoms with van der Waals surface area (Å²) in [6.45, 7) is 1.83. The van der Waals surface area contributed by atoms with E-state index in [1.54, 1.807) is 0 Å². The highest BCUT2D eigenvalue weighted by Gasteiger charge is 2.32. The van der Waals surface area contributed by atoms with Crippen molar-refractivity contribution in [2.45, 2.75) is 25.0 Å². The number of nitrogens with one attached hydrogen (secondary N) is 2. The van der Waals surface area contributed by atoms with E-state index in [4.69, 9.17) is 5.73 Å². The van der Waals surface area contributed by atoms with Crippen molar-refractivity contribution in [3.63, 3.8) is 0 Å². The molecule has 1 fully saturated rings. The molecule has 2 aromatic rings. The fourth-order valence-corrected chi connectivity index (χ4v) is 2.56. The lowest BCUT2D eigenvalue weighted by Gasteiger charge is -2.31. The van der Waals surface area contributed by atoms with E-state index in [9.17, 15) is 5.11 Å². The van der Waals surface area contributed by atoms with Crippen molar-refractivity contribution >= 4 is 11.0 Å². The lowest BCUT2D eigenvalue weighted by atomic mass is 9.89. The summed E-state index contributed by atoms with van der Waals surface area (Å²) in [4.78, 5) is 7.92. The minimum atomic E-state index is -0.378. The zero-order chi connectivity index (χ0) is 12.6. The number of hydrogen-bond acceptors (Lipinski definition) is 4. The van der Waals surface area contributed by atoms with E-state index in [1.165, 1.54) is 0 Å². The monoisotopic (exact) mass is 246 g/mol. The van der Waals surface area contributed by atoms with Crippen LogP contribution in [0, 0.1) is 0 Å². The molecule has 1 aromatic carbocycles. The first-order valence-electron chi connectivity index (χ1n) is 6.31. The summed E-state index contributed by atoms with van der Waals surface area (Å²) in [5.74, 6) is 0.833. The average Bonchev–Trinajstić information content (AvgIpc) is 2.84. The molecular formula is C13H18N4O. The molecule has 5 heteroatoms. The number of nitrogens with two attached hydrogens (primary N) is 1. The summed E-state index contributed by atoms with van der Waals surface area (Å²) in [5.41, 5.74) is 8.68. The van der Waals surface area contributed by atoms with Gasteiger partial charge >= 0.3 is 0 Å². The topological polar surface area (TPSA) is 87.0 Å². The maximum absolute atomic E-state index is 9.32. The number of para-hydroxylation sites is 1. The van der Waals surface area contributed by atoms with Gasteiger partial charge in [-0.1, -0.05) is 12.1 Å². The number of aliphatic hydroxyl groups excluding tert-OH is 1. The molecular weight excluding hydrogens is 228 g/mol. The first kappa shape index (κ1) is 11.6. The van der Waals surface area contributed by atoms with E-state index in [1.807, 2.05) is 18.2 Å². The Morgan fingerprint density at radius 3 is 2.83 bits per heavy atom. The molecule has 1 aliphatic rings. The zero-order valence-electron chi connectivity index (χ0n) is 10.2. The van der Waals surface area contributed by atoms with Crippen LogP contribution in [0.1, 0.15) is 24.2 Å². The number of H-pyrrole nitrogens is 1. The van der Waals surface area contributed by atoms with Crippen LogP contribution in [0.25, 0.3) is 11.0 Å². The Hall–Kier alpha value is -1.43. The molecule has 2 heterocycles. The Bertz CT molecular complexity index is 557. The summed E-state index contributed by atoms with van der Waals surface area (Å²) in [6.07, 6.45) is 1.75. The lowest BCUT2D eigenvalue weighted by Crippen LogP contribution is -2.47. The van der Waals surface area contributed by atoms with Crippen molar-refractivity contribution in [1.82, 2.24) is 15.3 Å². The molecule has 0 atom stereocenters. The maximum Gasteiger partial charge on any atom is 0.127 e. The number of nitrogens with zero attached hydrogens (tertiary/aromatic N) is 1. The van der Waals surface area contributed by atoms with E-state index in [2.05, 4.69) is 15.3 Å². The van der Waals surface area contributed by atoms with E-state index in [-0.39, 0.29) is 12.1 Å². The Balaban J connectivity index is 2.07. The Morgan fingerprint density at radius 1 is 1.33 bits per heavy atom. The van der Waals surface area contributed by atoms with Crippen LogP contribution in [-0.2, 0) is 12.1 Å². The Kier molecular flexibility index (Phi) is 2.81. The van der Waals surface area contributed by atoms with Crippen LogP contribution in [0.5, 0.6) is 0 Å². The third-order valence-electron chi connectivity index (χ3n) is 3.73. The number of rotatable bonds is 2. The molecule has 0 aliphatic carbocycles. The average molecular weight is 246 g/mol. The van der Waals surface area contributed by atoms with E-state index in [0.29, 0.717) is 0 Å². The lowest BCUT2D eigenvalue weighted by molar-refractivity contribution is 0.283. The van der Waals surface area contributed by atoms with Gasteiger partial charge in [0.05, 0.1) is 23.2 Å². The van der Waals surface area contributed by atoms with Gasteiger partial charge < -0.3 is 21.1 Å². The summed E-state index contributed by atoms with van der Waals surface area (Å²) in [5, 5.41) is 12.6. The van der Waals surface area contributed by atoms with Crippen molar-refractivity contribution < 1.29 is 5.11 Å². The molecule has 1 aromatic heterocycles. The summed E-state index contributed by atoms with van der Waals surface area (Å²) >= 11 is 0. The second kappa shape index (κ2) is 4.35. The summed E-state index contributed by atoms with van der Waals surface area (Å²) < 4.78 is 0. The standard InChI is InChI=1S/C13H18N4O/c14-13(4-6-15-7-5-13)12-16-10-3-1-2-9(8-18)11(10)17-12/h1-3,15,18H,4-8,14H2,(H,16,17). The minimum absolute atomic E-state index is 0.000754. The molecule has 18 heavy (non-hydrogen) atoms. The molecule has 0 spiro atoms. The highest BCUT2D eigenvalue weighted by atomic mass is 16.3. The predicted molar refractivity (Wildman–Crippen MR) is 70.0 cm³/mol. The Morgan fingerprint density at radius 2 is 2.11 bits per heavy atom. The smallest absolute Gasteiger partial charge is 0.127 e. The molecule has 0 radical (unpaired) electrons. The van der Waals surface area contributed by atoms with Gasteiger partial charge in [0.15, 0.2) is 0 Å². The predicted octanol–water partition coefficient (Wildman–Crippen LogP) is 0.593. The van der Waals surface area contributed by atoms with Gasteiger partial charge in [0, 0.05) is 5.56 Å². The highest BCUT2D eigenvalue weighted by Crippen LogP contribution is 2.28. The number of imidazole rings is 1. The molecule has 1 aliphatic heterocycles. The van der Waals surface area contributed by atoms with Gasteiger partial charge in [-0.15, -0.1) is 0 Å². The number of fused-ring (bicyclic) bond motifs is 1. The van der Waals surface area contributed by atoms with Crippen LogP contribution in [0.15, 0.2) is 18.2 Å². The van der Waals surface area contributed by atoms with Gasteiger partial charge in [-0.25, -0.2) is 4.98 Å². The van der Waals surface area contributed by atoms with Crippen molar-refractivity contribution in [3.05, 3.63) is 29.6 Å². The van der Waals surface area contributed by atoms with Crippen LogP contribution in [-0.4, -0.2) is 28.2 Å². The number of benzene rings is 1. The first-order valence-corrected chi connectivity index (χ1v) is 6.31. The third-order valence-corrected chi connectivity index (χ3v) is 3.73. The molecule has 0 bridgehead atoms. The van der Waals surface area contributed by atoms with Gasteiger partial charge in [-0.05, 0) is 32.0 Å². The summed E-state index contributed by atoms with van der Waals surface area (Å²) in [6, 6.07) is 5.77. The van der Waals surface area contributed by atoms with Gasteiger partial charge in [0.2, 0.25) is 0 Å². The number of aromatic nitrogens is 2. The quantitative estimate of drug-likeness (QED) is 0.624. The third kappa shape index (κ3) is 1.80. The number of aliphatic hydroxyl groups is 1. The fraction of sp³-hybridized carbons (Fsp3) is 0.462. The maximum atomic E-state index is 9.32. The minimum Gasteiger partial charge on any atom is -0.392 e. The van der Waals surface area contributed by atoms with Crippen LogP contribution in [0.2, 0.25) is 0 Å². The molecule has 3 rings (SSSR count). The van der Waals surface area contributed by atoms with Gasteiger partial charge in [0.1, 0.15) is 5.82 Å². The molecule has 0 amide bonds. The molecule has 5 nitrogen and oxygen atoms in total. The molecule has 1 saturated heterocycles. The Labute approximate surface area is 105 Å². The molecule has 96 valence electrons. The largest absolute Gasteiger partial charge is 0.392 e. The number of aromatic amines is 1. The van der Waals surface area contributed by atoms with E-state index < -0.39 is 0 Å². The van der Waals surface area contributed by atoms with Crippen molar-refractivity contribution in [1.29, 1.82) is 0 Å². The van der Waals surface area contributed by atoms with Gasteiger partial charge in [-0.3, -0.25) is 0 Å². The van der Waals surface area contributed by atoms with Gasteiger partial charge in [-0.2, -0.15) is 0 Å². The zero-order valence-corrected chi connectivity index (χ0v) is 10.2. The molecule has 5 N–H and O–H groups in total. The number of hydrogen-bond donors (Lipinski definition) is 4. The van der Waals surface area contributed by atoms with Crippen molar-refractivity contribution in [3.8, 4) is 0 Å². The summed E-state index contributed by atoms with van der Waals surface area (Å²) in [7, 11) is 0. The second-order valence-electron chi connectivity index (χ2n) is 4.96. The number of piperidine rings is 1. The van der Waals surface area contributed by atoms with Crippen molar-refractivity contribution in [2.75, 3.05) is 13.1 Å². The van der Waals surface area contributed by atoms with Crippen LogP contribution in [0.3, 0.4) is 0 Å². The van der Waals surface area contributed by atoms with Gasteiger partial charge in [0.25, 0.3) is 0 Å².